The summed E-state index contributed by atoms with van der Waals surface area (Å²) < 4.78 is 39.4. The lowest BCUT2D eigenvalue weighted by Gasteiger charge is -2.09. The Hall–Kier alpha value is -2.83. The summed E-state index contributed by atoms with van der Waals surface area (Å²) in [6.07, 6.45) is -0.592. The number of hydrogen-bond acceptors (Lipinski definition) is 2. The van der Waals surface area contributed by atoms with Crippen LogP contribution in [0.4, 0.5) is 24.5 Å². The zero-order valence-electron chi connectivity index (χ0n) is 13.0. The van der Waals surface area contributed by atoms with Crippen molar-refractivity contribution < 1.29 is 22.8 Å². The van der Waals surface area contributed by atoms with Crippen LogP contribution in [-0.2, 0) is 9.59 Å². The van der Waals surface area contributed by atoms with E-state index in [4.69, 9.17) is 0 Å². The molecule has 2 N–H and O–H groups in total. The van der Waals surface area contributed by atoms with Gasteiger partial charge in [0.2, 0.25) is 11.8 Å². The molecule has 0 bridgehead atoms. The molecule has 0 saturated carbocycles. The second kappa shape index (κ2) is 7.16. The predicted molar refractivity (Wildman–Crippen MR) is 84.1 cm³/mol. The van der Waals surface area contributed by atoms with Crippen molar-refractivity contribution in [2.24, 2.45) is 0 Å². The third kappa shape index (κ3) is 4.13. The molecule has 126 valence electrons. The normalized spacial score (nSPS) is 10.4. The quantitative estimate of drug-likeness (QED) is 0.661. The van der Waals surface area contributed by atoms with Gasteiger partial charge in [-0.1, -0.05) is 6.07 Å². The molecule has 24 heavy (non-hydrogen) atoms. The lowest BCUT2D eigenvalue weighted by atomic mass is 10.1. The number of carbonyl (C=O) groups is 2. The van der Waals surface area contributed by atoms with Gasteiger partial charge in [-0.3, -0.25) is 9.59 Å². The number of halogens is 3. The number of nitrogens with one attached hydrogen (secondary N) is 2. The molecule has 0 saturated heterocycles. The van der Waals surface area contributed by atoms with Gasteiger partial charge in [0, 0.05) is 5.69 Å². The molecule has 0 unspecified atom stereocenters. The van der Waals surface area contributed by atoms with E-state index in [0.29, 0.717) is 11.8 Å². The summed E-state index contributed by atoms with van der Waals surface area (Å²) in [7, 11) is 0. The van der Waals surface area contributed by atoms with E-state index in [9.17, 15) is 22.8 Å². The number of benzene rings is 2. The Morgan fingerprint density at radius 1 is 0.875 bits per heavy atom. The number of amides is 2. The molecule has 7 heteroatoms. The summed E-state index contributed by atoms with van der Waals surface area (Å²) in [5, 5.41) is 4.57. The highest BCUT2D eigenvalue weighted by Crippen LogP contribution is 2.20. The van der Waals surface area contributed by atoms with E-state index in [2.05, 4.69) is 5.32 Å². The van der Waals surface area contributed by atoms with Crippen LogP contribution in [0.25, 0.3) is 0 Å². The Morgan fingerprint density at radius 2 is 1.54 bits per heavy atom. The van der Waals surface area contributed by atoms with Crippen molar-refractivity contribution >= 4 is 23.2 Å². The summed E-state index contributed by atoms with van der Waals surface area (Å²) in [6, 6.07) is 6.82. The number of carbonyl (C=O) groups excluding carboxylic acids is 2. The number of anilines is 2. The second-order valence-electron chi connectivity index (χ2n) is 5.30. The van der Waals surface area contributed by atoms with Crippen molar-refractivity contribution in [3.63, 3.8) is 0 Å². The molecule has 0 aliphatic heterocycles. The average molecular weight is 336 g/mol. The van der Waals surface area contributed by atoms with Crippen molar-refractivity contribution in [1.29, 1.82) is 0 Å². The van der Waals surface area contributed by atoms with Gasteiger partial charge in [0.25, 0.3) is 0 Å². The fourth-order valence-corrected chi connectivity index (χ4v) is 1.99. The minimum absolute atomic E-state index is 0.523. The summed E-state index contributed by atoms with van der Waals surface area (Å²) in [5.74, 6) is -6.02. The topological polar surface area (TPSA) is 58.2 Å². The largest absolute Gasteiger partial charge is 0.326 e. The highest BCUT2D eigenvalue weighted by Gasteiger charge is 2.17. The van der Waals surface area contributed by atoms with Gasteiger partial charge in [0.1, 0.15) is 6.42 Å². The maximum absolute atomic E-state index is 13.5. The van der Waals surface area contributed by atoms with Crippen LogP contribution in [0.3, 0.4) is 0 Å². The first-order valence-corrected chi connectivity index (χ1v) is 7.08. The molecule has 0 heterocycles. The zero-order chi connectivity index (χ0) is 17.9. The Morgan fingerprint density at radius 3 is 2.21 bits per heavy atom. The van der Waals surface area contributed by atoms with Crippen LogP contribution in [0.5, 0.6) is 0 Å². The van der Waals surface area contributed by atoms with Gasteiger partial charge in [-0.05, 0) is 49.2 Å². The number of hydrogen-bond donors (Lipinski definition) is 2. The monoisotopic (exact) mass is 336 g/mol. The van der Waals surface area contributed by atoms with Gasteiger partial charge in [-0.2, -0.15) is 0 Å². The molecule has 0 aliphatic carbocycles. The smallest absolute Gasteiger partial charge is 0.233 e. The summed E-state index contributed by atoms with van der Waals surface area (Å²) in [5.41, 5.74) is 2.02. The fraction of sp³-hybridized carbons (Fsp3) is 0.176. The highest BCUT2D eigenvalue weighted by atomic mass is 19.2. The van der Waals surface area contributed by atoms with Crippen molar-refractivity contribution in [1.82, 2.24) is 0 Å². The van der Waals surface area contributed by atoms with Crippen molar-refractivity contribution in [2.45, 2.75) is 20.3 Å². The molecule has 2 amide bonds. The number of aryl methyl sites for hydroxylation is 2. The van der Waals surface area contributed by atoms with Crippen molar-refractivity contribution in [3.8, 4) is 0 Å². The third-order valence-corrected chi connectivity index (χ3v) is 3.42. The molecule has 2 rings (SSSR count). The van der Waals surface area contributed by atoms with Crippen molar-refractivity contribution in [2.75, 3.05) is 10.6 Å². The van der Waals surface area contributed by atoms with Gasteiger partial charge in [-0.25, -0.2) is 13.2 Å². The molecule has 0 fully saturated rings. The maximum atomic E-state index is 13.5. The maximum Gasteiger partial charge on any atom is 0.233 e. The lowest BCUT2D eigenvalue weighted by molar-refractivity contribution is -0.123. The first-order valence-electron chi connectivity index (χ1n) is 7.08. The van der Waals surface area contributed by atoms with Crippen molar-refractivity contribution in [3.05, 3.63) is 58.9 Å². The van der Waals surface area contributed by atoms with Gasteiger partial charge in [0.05, 0.1) is 5.69 Å². The molecule has 4 nitrogen and oxygen atoms in total. The van der Waals surface area contributed by atoms with Crippen LogP contribution >= 0.6 is 0 Å². The Balaban J connectivity index is 1.98. The SMILES string of the molecule is Cc1ccc(NC(=O)CC(=O)Nc2ccc(F)c(F)c2F)cc1C. The minimum atomic E-state index is -1.69. The second-order valence-corrected chi connectivity index (χ2v) is 5.30. The summed E-state index contributed by atoms with van der Waals surface area (Å²) >= 11 is 0. The van der Waals surface area contributed by atoms with Gasteiger partial charge < -0.3 is 10.6 Å². The first-order chi connectivity index (χ1) is 11.3. The predicted octanol–water partition coefficient (Wildman–Crippen LogP) is 3.69. The summed E-state index contributed by atoms with van der Waals surface area (Å²) in [4.78, 5) is 23.5. The summed E-state index contributed by atoms with van der Waals surface area (Å²) in [6.45, 7) is 3.80. The minimum Gasteiger partial charge on any atom is -0.326 e. The molecule has 2 aromatic rings. The van der Waals surface area contributed by atoms with E-state index >= 15 is 0 Å². The van der Waals surface area contributed by atoms with Crippen LogP contribution in [0.1, 0.15) is 17.5 Å². The van der Waals surface area contributed by atoms with Gasteiger partial charge in [0.15, 0.2) is 17.5 Å². The molecule has 0 atom stereocenters. The van der Waals surface area contributed by atoms with Crippen LogP contribution in [0.2, 0.25) is 0 Å². The fourth-order valence-electron chi connectivity index (χ4n) is 1.99. The van der Waals surface area contributed by atoms with E-state index in [0.717, 1.165) is 17.2 Å². The molecular formula is C17H15F3N2O2. The zero-order valence-corrected chi connectivity index (χ0v) is 13.0. The lowest BCUT2D eigenvalue weighted by Crippen LogP contribution is -2.22. The molecule has 2 aromatic carbocycles. The van der Waals surface area contributed by atoms with E-state index in [1.165, 1.54) is 0 Å². The van der Waals surface area contributed by atoms with E-state index in [1.807, 2.05) is 25.2 Å². The van der Waals surface area contributed by atoms with Crippen LogP contribution < -0.4 is 10.6 Å². The molecule has 0 aromatic heterocycles. The number of rotatable bonds is 4. The van der Waals surface area contributed by atoms with Crippen LogP contribution in [0.15, 0.2) is 30.3 Å². The van der Waals surface area contributed by atoms with Gasteiger partial charge in [-0.15, -0.1) is 0 Å². The Labute approximate surface area is 136 Å². The van der Waals surface area contributed by atoms with Crippen LogP contribution in [-0.4, -0.2) is 11.8 Å². The standard InChI is InChI=1S/C17H15F3N2O2/c1-9-3-4-11(7-10(9)2)21-14(23)8-15(24)22-13-6-5-12(18)16(19)17(13)20/h3-7H,8H2,1-2H3,(H,21,23)(H,22,24). The third-order valence-electron chi connectivity index (χ3n) is 3.42. The van der Waals surface area contributed by atoms with E-state index < -0.39 is 41.4 Å². The first kappa shape index (κ1) is 17.5. The van der Waals surface area contributed by atoms with E-state index in [1.54, 1.807) is 12.1 Å². The van der Waals surface area contributed by atoms with Crippen LogP contribution in [0, 0.1) is 31.3 Å². The molecule has 0 radical (unpaired) electrons. The molecular weight excluding hydrogens is 321 g/mol. The van der Waals surface area contributed by atoms with E-state index in [-0.39, 0.29) is 0 Å². The molecule has 0 aliphatic rings. The Bertz CT molecular complexity index is 807. The molecule has 0 spiro atoms. The Kier molecular flexibility index (Phi) is 5.23. The highest BCUT2D eigenvalue weighted by molar-refractivity contribution is 6.08. The average Bonchev–Trinajstić information content (AvgIpc) is 2.51. The van der Waals surface area contributed by atoms with Gasteiger partial charge >= 0.3 is 0 Å².